The summed E-state index contributed by atoms with van der Waals surface area (Å²) in [6.45, 7) is 0.0157. The van der Waals surface area contributed by atoms with Gasteiger partial charge >= 0.3 is 0 Å². The number of aliphatic hydroxyl groups excluding tert-OH is 1. The van der Waals surface area contributed by atoms with Crippen molar-refractivity contribution in [3.05, 3.63) is 21.9 Å². The number of rotatable bonds is 3. The third kappa shape index (κ3) is 4.07. The van der Waals surface area contributed by atoms with Crippen molar-refractivity contribution in [2.75, 3.05) is 18.1 Å². The normalized spacial score (nSPS) is 20.1. The van der Waals surface area contributed by atoms with E-state index < -0.39 is 9.84 Å². The molecular formula is C13H15NO4S2. The topological polar surface area (TPSA) is 83.5 Å². The molecule has 108 valence electrons. The number of carbonyl (C=O) groups excluding carboxylic acids is 1. The van der Waals surface area contributed by atoms with E-state index in [0.717, 1.165) is 4.88 Å². The quantitative estimate of drug-likeness (QED) is 0.791. The minimum atomic E-state index is -2.99. The summed E-state index contributed by atoms with van der Waals surface area (Å²) in [4.78, 5) is 12.7. The largest absolute Gasteiger partial charge is 0.395 e. The first-order valence-corrected chi connectivity index (χ1v) is 8.90. The van der Waals surface area contributed by atoms with Gasteiger partial charge in [-0.25, -0.2) is 8.42 Å². The molecule has 0 aliphatic carbocycles. The Hall–Kier alpha value is -1.36. The number of amides is 1. The van der Waals surface area contributed by atoms with Crippen molar-refractivity contribution in [1.29, 1.82) is 0 Å². The summed E-state index contributed by atoms with van der Waals surface area (Å²) >= 11 is 1.35. The molecule has 2 rings (SSSR count). The average molecular weight is 313 g/mol. The van der Waals surface area contributed by atoms with Crippen LogP contribution in [-0.4, -0.2) is 43.6 Å². The summed E-state index contributed by atoms with van der Waals surface area (Å²) in [6, 6.07) is 1.38. The Bertz CT molecular complexity index is 651. The molecule has 5 nitrogen and oxygen atoms in total. The highest BCUT2D eigenvalue weighted by molar-refractivity contribution is 7.91. The zero-order valence-electron chi connectivity index (χ0n) is 10.8. The molecule has 1 aromatic heterocycles. The van der Waals surface area contributed by atoms with Gasteiger partial charge in [0.25, 0.3) is 5.91 Å². The van der Waals surface area contributed by atoms with Gasteiger partial charge in [0.1, 0.15) is 0 Å². The van der Waals surface area contributed by atoms with Crippen molar-refractivity contribution in [2.45, 2.75) is 18.9 Å². The Morgan fingerprint density at radius 3 is 3.00 bits per heavy atom. The van der Waals surface area contributed by atoms with E-state index in [9.17, 15) is 13.2 Å². The molecule has 1 amide bonds. The van der Waals surface area contributed by atoms with Crippen LogP contribution in [0, 0.1) is 11.8 Å². The van der Waals surface area contributed by atoms with Crippen LogP contribution >= 0.6 is 11.3 Å². The molecule has 2 N–H and O–H groups in total. The van der Waals surface area contributed by atoms with Crippen LogP contribution in [0.4, 0.5) is 0 Å². The van der Waals surface area contributed by atoms with Crippen LogP contribution in [0.2, 0.25) is 0 Å². The molecule has 1 atom stereocenters. The molecule has 7 heteroatoms. The summed E-state index contributed by atoms with van der Waals surface area (Å²) in [7, 11) is -2.99. The highest BCUT2D eigenvalue weighted by atomic mass is 32.2. The third-order valence-corrected chi connectivity index (χ3v) is 5.49. The number of carbonyl (C=O) groups is 1. The van der Waals surface area contributed by atoms with E-state index in [0.29, 0.717) is 18.4 Å². The monoisotopic (exact) mass is 313 g/mol. The third-order valence-electron chi connectivity index (χ3n) is 2.88. The Morgan fingerprint density at radius 1 is 1.55 bits per heavy atom. The molecule has 1 unspecified atom stereocenters. The van der Waals surface area contributed by atoms with E-state index in [1.54, 1.807) is 11.4 Å². The second kappa shape index (κ2) is 6.39. The molecule has 20 heavy (non-hydrogen) atoms. The summed E-state index contributed by atoms with van der Waals surface area (Å²) in [6.07, 6.45) is 0.876. The maximum Gasteiger partial charge on any atom is 0.252 e. The Labute approximate surface area is 121 Å². The first-order chi connectivity index (χ1) is 9.50. The van der Waals surface area contributed by atoms with Gasteiger partial charge in [-0.3, -0.25) is 4.79 Å². The minimum Gasteiger partial charge on any atom is -0.395 e. The molecule has 1 aromatic rings. The van der Waals surface area contributed by atoms with Gasteiger partial charge in [0, 0.05) is 17.8 Å². The Morgan fingerprint density at radius 2 is 2.35 bits per heavy atom. The lowest BCUT2D eigenvalue weighted by Gasteiger charge is -2.09. The minimum absolute atomic E-state index is 0.0157. The van der Waals surface area contributed by atoms with Crippen LogP contribution in [-0.2, 0) is 9.84 Å². The van der Waals surface area contributed by atoms with Crippen molar-refractivity contribution >= 4 is 27.1 Å². The number of sulfone groups is 1. The first-order valence-electron chi connectivity index (χ1n) is 6.20. The molecule has 1 fully saturated rings. The molecule has 2 heterocycles. The lowest BCUT2D eigenvalue weighted by molar-refractivity contribution is 0.0941. The number of hydrogen-bond donors (Lipinski definition) is 2. The number of hydrogen-bond acceptors (Lipinski definition) is 5. The zero-order chi connectivity index (χ0) is 14.6. The van der Waals surface area contributed by atoms with Crippen LogP contribution < -0.4 is 5.32 Å². The smallest absolute Gasteiger partial charge is 0.252 e. The summed E-state index contributed by atoms with van der Waals surface area (Å²) in [5.74, 6) is 5.54. The van der Waals surface area contributed by atoms with Gasteiger partial charge in [-0.1, -0.05) is 11.8 Å². The van der Waals surface area contributed by atoms with Crippen LogP contribution in [0.15, 0.2) is 11.4 Å². The number of thiophene rings is 1. The standard InChI is InChI=1S/C13H15NO4S2/c15-5-2-1-3-12-7-10(8-19-12)13(16)14-11-4-6-20(17,18)9-11/h7-8,11,15H,2,4-6,9H2,(H,14,16). The van der Waals surface area contributed by atoms with Crippen molar-refractivity contribution < 1.29 is 18.3 Å². The highest BCUT2D eigenvalue weighted by Gasteiger charge is 2.29. The molecule has 0 aromatic carbocycles. The van der Waals surface area contributed by atoms with Gasteiger partial charge < -0.3 is 10.4 Å². The van der Waals surface area contributed by atoms with Crippen LogP contribution in [0.1, 0.15) is 28.1 Å². The lowest BCUT2D eigenvalue weighted by Crippen LogP contribution is -2.35. The summed E-state index contributed by atoms with van der Waals surface area (Å²) in [5.41, 5.74) is 0.493. The molecule has 1 aliphatic heterocycles. The molecule has 0 saturated carbocycles. The van der Waals surface area contributed by atoms with Gasteiger partial charge in [-0.05, 0) is 12.5 Å². The predicted octanol–water partition coefficient (Wildman–Crippen LogP) is 0.399. The highest BCUT2D eigenvalue weighted by Crippen LogP contribution is 2.16. The predicted molar refractivity (Wildman–Crippen MR) is 77.4 cm³/mol. The first kappa shape index (κ1) is 15.0. The van der Waals surface area contributed by atoms with E-state index in [4.69, 9.17) is 5.11 Å². The molecular weight excluding hydrogens is 298 g/mol. The molecule has 1 aliphatic rings. The van der Waals surface area contributed by atoms with E-state index in [1.807, 2.05) is 0 Å². The SMILES string of the molecule is O=C(NC1CCS(=O)(=O)C1)c1csc(C#CCCO)c1. The van der Waals surface area contributed by atoms with Crippen molar-refractivity contribution in [2.24, 2.45) is 0 Å². The van der Waals surface area contributed by atoms with Crippen molar-refractivity contribution in [1.82, 2.24) is 5.32 Å². The molecule has 0 spiro atoms. The van der Waals surface area contributed by atoms with Crippen molar-refractivity contribution in [3.8, 4) is 11.8 Å². The fraction of sp³-hybridized carbons (Fsp3) is 0.462. The van der Waals surface area contributed by atoms with E-state index in [-0.39, 0.29) is 30.1 Å². The second-order valence-electron chi connectivity index (χ2n) is 4.55. The Kier molecular flexibility index (Phi) is 4.81. The van der Waals surface area contributed by atoms with Gasteiger partial charge in [0.15, 0.2) is 9.84 Å². The second-order valence-corrected chi connectivity index (χ2v) is 7.69. The lowest BCUT2D eigenvalue weighted by atomic mass is 10.2. The average Bonchev–Trinajstić information content (AvgIpc) is 2.97. The molecule has 0 bridgehead atoms. The van der Waals surface area contributed by atoms with Crippen LogP contribution in [0.3, 0.4) is 0 Å². The van der Waals surface area contributed by atoms with E-state index in [1.165, 1.54) is 11.3 Å². The van der Waals surface area contributed by atoms with Crippen LogP contribution in [0.25, 0.3) is 0 Å². The van der Waals surface area contributed by atoms with Gasteiger partial charge in [0.05, 0.1) is 28.6 Å². The summed E-state index contributed by atoms with van der Waals surface area (Å²) in [5, 5.41) is 13.1. The number of nitrogens with one attached hydrogen (secondary N) is 1. The fourth-order valence-electron chi connectivity index (χ4n) is 1.90. The fourth-order valence-corrected chi connectivity index (χ4v) is 4.33. The van der Waals surface area contributed by atoms with Crippen LogP contribution in [0.5, 0.6) is 0 Å². The maximum absolute atomic E-state index is 12.0. The van der Waals surface area contributed by atoms with Crippen molar-refractivity contribution in [3.63, 3.8) is 0 Å². The van der Waals surface area contributed by atoms with Gasteiger partial charge in [-0.15, -0.1) is 11.3 Å². The summed E-state index contributed by atoms with van der Waals surface area (Å²) < 4.78 is 22.6. The Balaban J connectivity index is 1.95. The maximum atomic E-state index is 12.0. The zero-order valence-corrected chi connectivity index (χ0v) is 12.4. The van der Waals surface area contributed by atoms with Gasteiger partial charge in [-0.2, -0.15) is 0 Å². The molecule has 0 radical (unpaired) electrons. The van der Waals surface area contributed by atoms with E-state index in [2.05, 4.69) is 17.2 Å². The number of aliphatic hydroxyl groups is 1. The molecule has 1 saturated heterocycles. The van der Waals surface area contributed by atoms with Gasteiger partial charge in [0.2, 0.25) is 0 Å². The van der Waals surface area contributed by atoms with E-state index >= 15 is 0 Å².